The van der Waals surface area contributed by atoms with Gasteiger partial charge in [-0.2, -0.15) is 0 Å². The first-order valence-electron chi connectivity index (χ1n) is 11.9. The summed E-state index contributed by atoms with van der Waals surface area (Å²) >= 11 is 0. The van der Waals surface area contributed by atoms with Gasteiger partial charge >= 0.3 is 5.97 Å². The Morgan fingerprint density at radius 1 is 1.11 bits per heavy atom. The van der Waals surface area contributed by atoms with Gasteiger partial charge in [-0.15, -0.1) is 0 Å². The van der Waals surface area contributed by atoms with Crippen molar-refractivity contribution >= 4 is 17.5 Å². The standard InChI is InChI=1S/C27H32O8/c1-4-7-21-23(12-11-19(16(2)28)26(21)31)33-13-6-5-8-20-17(3)35-24-14-18(34-15-25(29)30)9-10-22(24)27(20)32/h9-12,14,17,20,31H,4-8,13,15H2,1-3H3,(H,29,30). The summed E-state index contributed by atoms with van der Waals surface area (Å²) in [6, 6.07) is 8.06. The number of aromatic hydroxyl groups is 1. The molecule has 0 aliphatic carbocycles. The smallest absolute Gasteiger partial charge is 0.341 e. The highest BCUT2D eigenvalue weighted by molar-refractivity contribution is 6.01. The van der Waals surface area contributed by atoms with Crippen LogP contribution in [0.25, 0.3) is 0 Å². The van der Waals surface area contributed by atoms with Crippen LogP contribution >= 0.6 is 0 Å². The number of phenols is 1. The van der Waals surface area contributed by atoms with Gasteiger partial charge in [0.25, 0.3) is 0 Å². The molecule has 2 atom stereocenters. The second kappa shape index (κ2) is 11.7. The number of aliphatic carboxylic acids is 1. The maximum Gasteiger partial charge on any atom is 0.341 e. The molecule has 188 valence electrons. The average Bonchev–Trinajstić information content (AvgIpc) is 2.81. The first-order valence-corrected chi connectivity index (χ1v) is 11.9. The fourth-order valence-corrected chi connectivity index (χ4v) is 4.28. The molecule has 8 nitrogen and oxygen atoms in total. The van der Waals surface area contributed by atoms with Crippen LogP contribution in [0.4, 0.5) is 0 Å². The van der Waals surface area contributed by atoms with Gasteiger partial charge in [0.1, 0.15) is 29.1 Å². The summed E-state index contributed by atoms with van der Waals surface area (Å²) in [6.07, 6.45) is 3.19. The number of carbonyl (C=O) groups excluding carboxylic acids is 2. The predicted molar refractivity (Wildman–Crippen MR) is 129 cm³/mol. The van der Waals surface area contributed by atoms with Crippen molar-refractivity contribution in [1.29, 1.82) is 0 Å². The zero-order valence-electron chi connectivity index (χ0n) is 20.3. The van der Waals surface area contributed by atoms with Crippen LogP contribution in [0.3, 0.4) is 0 Å². The monoisotopic (exact) mass is 484 g/mol. The second-order valence-electron chi connectivity index (χ2n) is 8.72. The Balaban J connectivity index is 1.55. The molecule has 0 fully saturated rings. The summed E-state index contributed by atoms with van der Waals surface area (Å²) in [4.78, 5) is 35.4. The number of hydrogen-bond donors (Lipinski definition) is 2. The van der Waals surface area contributed by atoms with E-state index < -0.39 is 12.6 Å². The van der Waals surface area contributed by atoms with Gasteiger partial charge in [0, 0.05) is 11.6 Å². The number of carboxylic acids is 1. The highest BCUT2D eigenvalue weighted by Gasteiger charge is 2.34. The van der Waals surface area contributed by atoms with Crippen molar-refractivity contribution < 1.29 is 38.8 Å². The number of ether oxygens (including phenoxy) is 3. The van der Waals surface area contributed by atoms with Gasteiger partial charge in [0.05, 0.1) is 23.7 Å². The lowest BCUT2D eigenvalue weighted by molar-refractivity contribution is -0.139. The highest BCUT2D eigenvalue weighted by atomic mass is 16.5. The highest BCUT2D eigenvalue weighted by Crippen LogP contribution is 2.36. The summed E-state index contributed by atoms with van der Waals surface area (Å²) in [7, 11) is 0. The van der Waals surface area contributed by atoms with Crippen LogP contribution in [0.15, 0.2) is 30.3 Å². The molecule has 0 bridgehead atoms. The molecule has 2 N–H and O–H groups in total. The minimum atomic E-state index is -1.08. The number of unbranched alkanes of at least 4 members (excludes halogenated alkanes) is 1. The van der Waals surface area contributed by atoms with Crippen molar-refractivity contribution in [2.75, 3.05) is 13.2 Å². The summed E-state index contributed by atoms with van der Waals surface area (Å²) in [5.41, 5.74) is 1.41. The number of hydrogen-bond acceptors (Lipinski definition) is 7. The largest absolute Gasteiger partial charge is 0.507 e. The maximum absolute atomic E-state index is 13.0. The number of rotatable bonds is 12. The van der Waals surface area contributed by atoms with Gasteiger partial charge in [-0.25, -0.2) is 4.79 Å². The lowest BCUT2D eigenvalue weighted by Gasteiger charge is -2.30. The molecular weight excluding hydrogens is 452 g/mol. The van der Waals surface area contributed by atoms with E-state index in [-0.39, 0.29) is 29.3 Å². The minimum Gasteiger partial charge on any atom is -0.507 e. The number of phenolic OH excluding ortho intramolecular Hbond substituents is 1. The molecule has 2 aromatic rings. The van der Waals surface area contributed by atoms with E-state index in [0.29, 0.717) is 59.8 Å². The topological polar surface area (TPSA) is 119 Å². The molecule has 2 aromatic carbocycles. The zero-order chi connectivity index (χ0) is 25.5. The van der Waals surface area contributed by atoms with Crippen molar-refractivity contribution in [2.45, 2.75) is 59.0 Å². The third-order valence-electron chi connectivity index (χ3n) is 6.08. The molecule has 0 spiro atoms. The van der Waals surface area contributed by atoms with E-state index in [0.717, 1.165) is 12.8 Å². The number of fused-ring (bicyclic) bond motifs is 1. The number of carboxylic acid groups (broad SMARTS) is 1. The first-order chi connectivity index (χ1) is 16.7. The van der Waals surface area contributed by atoms with E-state index in [4.69, 9.17) is 19.3 Å². The number of Topliss-reactive ketones (excluding diaryl/α,β-unsaturated/α-hetero) is 2. The van der Waals surface area contributed by atoms with Crippen molar-refractivity contribution in [3.8, 4) is 23.0 Å². The van der Waals surface area contributed by atoms with Crippen LogP contribution < -0.4 is 14.2 Å². The lowest BCUT2D eigenvalue weighted by Crippen LogP contribution is -2.35. The van der Waals surface area contributed by atoms with Crippen molar-refractivity contribution in [2.24, 2.45) is 5.92 Å². The third-order valence-corrected chi connectivity index (χ3v) is 6.08. The molecule has 35 heavy (non-hydrogen) atoms. The van der Waals surface area contributed by atoms with E-state index >= 15 is 0 Å². The SMILES string of the molecule is CCCc1c(OCCCCC2C(=O)c3ccc(OCC(=O)O)cc3OC2C)ccc(C(C)=O)c1O. The molecule has 0 saturated heterocycles. The second-order valence-corrected chi connectivity index (χ2v) is 8.72. The third kappa shape index (κ3) is 6.32. The van der Waals surface area contributed by atoms with E-state index in [1.54, 1.807) is 30.3 Å². The van der Waals surface area contributed by atoms with Gasteiger partial charge in [-0.1, -0.05) is 13.3 Å². The van der Waals surface area contributed by atoms with Crippen LogP contribution in [0.1, 0.15) is 72.7 Å². The van der Waals surface area contributed by atoms with E-state index in [2.05, 4.69) is 0 Å². The molecule has 0 radical (unpaired) electrons. The Hall–Kier alpha value is -3.55. The summed E-state index contributed by atoms with van der Waals surface area (Å²) < 4.78 is 17.0. The molecule has 0 amide bonds. The summed E-state index contributed by atoms with van der Waals surface area (Å²) in [5, 5.41) is 19.2. The average molecular weight is 485 g/mol. The molecule has 1 aliphatic rings. The Labute approximate surface area is 204 Å². The van der Waals surface area contributed by atoms with Crippen LogP contribution in [0.2, 0.25) is 0 Å². The molecule has 0 saturated carbocycles. The fraction of sp³-hybridized carbons (Fsp3) is 0.444. The van der Waals surface area contributed by atoms with Gasteiger partial charge in [0.2, 0.25) is 0 Å². The number of ketones is 2. The molecule has 1 aliphatic heterocycles. The number of carbonyl (C=O) groups is 3. The molecule has 8 heteroatoms. The van der Waals surface area contributed by atoms with Crippen molar-refractivity contribution in [1.82, 2.24) is 0 Å². The Bertz CT molecular complexity index is 1090. The van der Waals surface area contributed by atoms with E-state index in [1.165, 1.54) is 6.92 Å². The molecule has 2 unspecified atom stereocenters. The first kappa shape index (κ1) is 26.1. The summed E-state index contributed by atoms with van der Waals surface area (Å²) in [6.45, 7) is 5.23. The molecular formula is C27H32O8. The van der Waals surface area contributed by atoms with Crippen LogP contribution in [-0.2, 0) is 11.2 Å². The number of benzene rings is 2. The molecule has 3 rings (SSSR count). The zero-order valence-corrected chi connectivity index (χ0v) is 20.3. The minimum absolute atomic E-state index is 0.000529. The summed E-state index contributed by atoms with van der Waals surface area (Å²) in [5.74, 6) is -0.245. The normalized spacial score (nSPS) is 16.8. The lowest BCUT2D eigenvalue weighted by atomic mass is 9.86. The Morgan fingerprint density at radius 3 is 2.57 bits per heavy atom. The van der Waals surface area contributed by atoms with Gasteiger partial charge < -0.3 is 24.4 Å². The van der Waals surface area contributed by atoms with E-state index in [9.17, 15) is 19.5 Å². The van der Waals surface area contributed by atoms with Crippen LogP contribution in [0.5, 0.6) is 23.0 Å². The Kier molecular flexibility index (Phi) is 8.73. The Morgan fingerprint density at radius 2 is 1.89 bits per heavy atom. The van der Waals surface area contributed by atoms with E-state index in [1.807, 2.05) is 13.8 Å². The van der Waals surface area contributed by atoms with Crippen LogP contribution in [-0.4, -0.2) is 47.1 Å². The quantitative estimate of drug-likeness (QED) is 0.324. The predicted octanol–water partition coefficient (Wildman–Crippen LogP) is 4.84. The van der Waals surface area contributed by atoms with Crippen LogP contribution in [0, 0.1) is 5.92 Å². The van der Waals surface area contributed by atoms with Gasteiger partial charge in [0.15, 0.2) is 18.2 Å². The van der Waals surface area contributed by atoms with Crippen molar-refractivity contribution in [3.63, 3.8) is 0 Å². The van der Waals surface area contributed by atoms with Gasteiger partial charge in [-0.05, 0) is 63.8 Å². The fourth-order valence-electron chi connectivity index (χ4n) is 4.28. The maximum atomic E-state index is 13.0. The molecule has 0 aromatic heterocycles. The molecule has 1 heterocycles. The van der Waals surface area contributed by atoms with Crippen molar-refractivity contribution in [3.05, 3.63) is 47.0 Å². The van der Waals surface area contributed by atoms with Gasteiger partial charge in [-0.3, -0.25) is 9.59 Å².